The second-order valence-electron chi connectivity index (χ2n) is 2.62. The number of aromatic nitrogens is 1. The van der Waals surface area contributed by atoms with Gasteiger partial charge in [0.05, 0.1) is 15.9 Å². The Kier molecular flexibility index (Phi) is 3.51. The van der Waals surface area contributed by atoms with E-state index in [1.54, 1.807) is 0 Å². The molecule has 0 aliphatic heterocycles. The summed E-state index contributed by atoms with van der Waals surface area (Å²) in [6.45, 7) is 0. The quantitative estimate of drug-likeness (QED) is 0.524. The van der Waals surface area contributed by atoms with Crippen LogP contribution >= 0.6 is 15.9 Å². The van der Waals surface area contributed by atoms with E-state index in [0.29, 0.717) is 0 Å². The summed E-state index contributed by atoms with van der Waals surface area (Å²) in [6, 6.07) is 0.894. The van der Waals surface area contributed by atoms with Gasteiger partial charge in [0.15, 0.2) is 0 Å². The summed E-state index contributed by atoms with van der Waals surface area (Å²) in [6.07, 6.45) is -2.84. The fourth-order valence-electron chi connectivity index (χ4n) is 1.00. The van der Waals surface area contributed by atoms with Crippen molar-refractivity contribution in [2.45, 2.75) is 11.8 Å². The van der Waals surface area contributed by atoms with Gasteiger partial charge in [0.2, 0.25) is 0 Å². The van der Waals surface area contributed by atoms with Crippen LogP contribution in [0.1, 0.15) is 17.8 Å². The first-order chi connectivity index (χ1) is 6.97. The lowest BCUT2D eigenvalue weighted by Crippen LogP contribution is -2.05. The van der Waals surface area contributed by atoms with Crippen LogP contribution in [0.2, 0.25) is 0 Å². The standard InChI is InChI=1S/C7H6BrF2N3O2/c8-2-4-5(13(14)15)1-3(11)6(12-4)7(9)10/h1,7H,2,11H2. The highest BCUT2D eigenvalue weighted by Gasteiger charge is 2.22. The van der Waals surface area contributed by atoms with Crippen molar-refractivity contribution in [3.8, 4) is 0 Å². The summed E-state index contributed by atoms with van der Waals surface area (Å²) in [5, 5.41) is 10.5. The molecule has 0 bridgehead atoms. The van der Waals surface area contributed by atoms with Gasteiger partial charge in [-0.1, -0.05) is 15.9 Å². The highest BCUT2D eigenvalue weighted by Crippen LogP contribution is 2.29. The second kappa shape index (κ2) is 4.47. The first-order valence-corrected chi connectivity index (χ1v) is 4.87. The highest BCUT2D eigenvalue weighted by molar-refractivity contribution is 9.08. The number of rotatable bonds is 3. The van der Waals surface area contributed by atoms with Crippen molar-refractivity contribution in [1.82, 2.24) is 4.98 Å². The van der Waals surface area contributed by atoms with Gasteiger partial charge in [-0.25, -0.2) is 13.8 Å². The number of pyridine rings is 1. The van der Waals surface area contributed by atoms with Crippen LogP contribution in [0.3, 0.4) is 0 Å². The van der Waals surface area contributed by atoms with Crippen LogP contribution in [0, 0.1) is 10.1 Å². The smallest absolute Gasteiger partial charge is 0.293 e. The van der Waals surface area contributed by atoms with E-state index >= 15 is 0 Å². The van der Waals surface area contributed by atoms with Crippen LogP contribution in [0.4, 0.5) is 20.2 Å². The van der Waals surface area contributed by atoms with Gasteiger partial charge < -0.3 is 5.73 Å². The van der Waals surface area contributed by atoms with Gasteiger partial charge in [0.25, 0.3) is 12.1 Å². The normalized spacial score (nSPS) is 10.7. The summed E-state index contributed by atoms with van der Waals surface area (Å²) in [5.41, 5.74) is 3.79. The molecule has 0 atom stereocenters. The summed E-state index contributed by atoms with van der Waals surface area (Å²) >= 11 is 2.93. The van der Waals surface area contributed by atoms with E-state index in [1.807, 2.05) is 0 Å². The largest absolute Gasteiger partial charge is 0.397 e. The molecular formula is C7H6BrF2N3O2. The van der Waals surface area contributed by atoms with E-state index in [1.165, 1.54) is 0 Å². The maximum Gasteiger partial charge on any atom is 0.293 e. The Hall–Kier alpha value is -1.31. The van der Waals surface area contributed by atoms with E-state index in [9.17, 15) is 18.9 Å². The number of alkyl halides is 3. The molecule has 0 aliphatic carbocycles. The maximum atomic E-state index is 12.3. The van der Waals surface area contributed by atoms with E-state index in [0.717, 1.165) is 6.07 Å². The molecule has 0 radical (unpaired) electrons. The average molecular weight is 282 g/mol. The van der Waals surface area contributed by atoms with Gasteiger partial charge in [-0.2, -0.15) is 0 Å². The number of hydrogen-bond acceptors (Lipinski definition) is 4. The Bertz CT molecular complexity index is 400. The molecule has 1 aromatic heterocycles. The molecule has 8 heteroatoms. The summed E-state index contributed by atoms with van der Waals surface area (Å²) in [7, 11) is 0. The zero-order valence-corrected chi connectivity index (χ0v) is 8.87. The molecule has 0 saturated carbocycles. The molecule has 0 unspecified atom stereocenters. The van der Waals surface area contributed by atoms with Gasteiger partial charge in [-0.3, -0.25) is 10.1 Å². The van der Waals surface area contributed by atoms with Gasteiger partial charge in [-0.05, 0) is 0 Å². The van der Waals surface area contributed by atoms with Gasteiger partial charge >= 0.3 is 0 Å². The number of nitrogens with zero attached hydrogens (tertiary/aromatic N) is 2. The van der Waals surface area contributed by atoms with Crippen LogP contribution in [0.5, 0.6) is 0 Å². The lowest BCUT2D eigenvalue weighted by Gasteiger charge is -2.05. The molecule has 0 fully saturated rings. The lowest BCUT2D eigenvalue weighted by molar-refractivity contribution is -0.385. The molecule has 2 N–H and O–H groups in total. The van der Waals surface area contributed by atoms with Gasteiger partial charge in [0, 0.05) is 6.07 Å². The fraction of sp³-hybridized carbons (Fsp3) is 0.286. The Balaban J connectivity index is 3.35. The van der Waals surface area contributed by atoms with Crippen molar-refractivity contribution >= 4 is 27.3 Å². The van der Waals surface area contributed by atoms with Crippen molar-refractivity contribution < 1.29 is 13.7 Å². The molecular weight excluding hydrogens is 276 g/mol. The first-order valence-electron chi connectivity index (χ1n) is 3.75. The van der Waals surface area contributed by atoms with Gasteiger partial charge in [-0.15, -0.1) is 0 Å². The SMILES string of the molecule is Nc1cc([N+](=O)[O-])c(CBr)nc1C(F)F. The number of nitrogen functional groups attached to an aromatic ring is 1. The Labute approximate surface area is 91.6 Å². The van der Waals surface area contributed by atoms with Crippen molar-refractivity contribution in [2.24, 2.45) is 0 Å². The van der Waals surface area contributed by atoms with Crippen LogP contribution in [-0.4, -0.2) is 9.91 Å². The molecule has 0 saturated heterocycles. The number of hydrogen-bond donors (Lipinski definition) is 1. The number of nitro groups is 1. The number of anilines is 1. The Morgan fingerprint density at radius 3 is 2.67 bits per heavy atom. The molecule has 5 nitrogen and oxygen atoms in total. The van der Waals surface area contributed by atoms with Crippen LogP contribution in [0.25, 0.3) is 0 Å². The minimum Gasteiger partial charge on any atom is -0.397 e. The van der Waals surface area contributed by atoms with Crippen LogP contribution in [-0.2, 0) is 5.33 Å². The van der Waals surface area contributed by atoms with E-state index in [4.69, 9.17) is 5.73 Å². The summed E-state index contributed by atoms with van der Waals surface area (Å²) in [5.74, 6) is 0. The molecule has 1 rings (SSSR count). The van der Waals surface area contributed by atoms with E-state index < -0.39 is 17.0 Å². The van der Waals surface area contributed by atoms with Crippen LogP contribution < -0.4 is 5.73 Å². The lowest BCUT2D eigenvalue weighted by atomic mass is 10.2. The molecule has 15 heavy (non-hydrogen) atoms. The molecule has 0 spiro atoms. The van der Waals surface area contributed by atoms with E-state index in [-0.39, 0.29) is 22.4 Å². The summed E-state index contributed by atoms with van der Waals surface area (Å²) in [4.78, 5) is 13.3. The molecule has 0 aromatic carbocycles. The predicted octanol–water partition coefficient (Wildman–Crippen LogP) is 2.40. The zero-order chi connectivity index (χ0) is 11.6. The topological polar surface area (TPSA) is 82.0 Å². The third kappa shape index (κ3) is 2.38. The average Bonchev–Trinajstić information content (AvgIpc) is 2.16. The van der Waals surface area contributed by atoms with Crippen molar-refractivity contribution in [3.63, 3.8) is 0 Å². The first kappa shape index (κ1) is 11.8. The van der Waals surface area contributed by atoms with Crippen molar-refractivity contribution in [2.75, 3.05) is 5.73 Å². The number of halogens is 3. The highest BCUT2D eigenvalue weighted by atomic mass is 79.9. The van der Waals surface area contributed by atoms with E-state index in [2.05, 4.69) is 20.9 Å². The maximum absolute atomic E-state index is 12.3. The minimum absolute atomic E-state index is 0.0172. The minimum atomic E-state index is -2.84. The van der Waals surface area contributed by atoms with Crippen molar-refractivity contribution in [1.29, 1.82) is 0 Å². The molecule has 1 heterocycles. The monoisotopic (exact) mass is 281 g/mol. The predicted molar refractivity (Wildman–Crippen MR) is 52.9 cm³/mol. The summed E-state index contributed by atoms with van der Waals surface area (Å²) < 4.78 is 24.7. The van der Waals surface area contributed by atoms with Gasteiger partial charge in [0.1, 0.15) is 11.4 Å². The van der Waals surface area contributed by atoms with Crippen molar-refractivity contribution in [3.05, 3.63) is 27.6 Å². The molecule has 0 aliphatic rings. The third-order valence-corrected chi connectivity index (χ3v) is 2.20. The zero-order valence-electron chi connectivity index (χ0n) is 7.28. The fourth-order valence-corrected chi connectivity index (χ4v) is 1.42. The second-order valence-corrected chi connectivity index (χ2v) is 3.18. The number of nitrogens with two attached hydrogens (primary N) is 1. The molecule has 0 amide bonds. The Morgan fingerprint density at radius 1 is 1.67 bits per heavy atom. The van der Waals surface area contributed by atoms with Crippen LogP contribution in [0.15, 0.2) is 6.07 Å². The Morgan fingerprint density at radius 2 is 2.27 bits per heavy atom. The third-order valence-electron chi connectivity index (χ3n) is 1.67. The molecule has 1 aromatic rings. The molecule has 82 valence electrons.